The van der Waals surface area contributed by atoms with Crippen molar-refractivity contribution in [3.05, 3.63) is 29.8 Å². The van der Waals surface area contributed by atoms with Crippen molar-refractivity contribution in [3.8, 4) is 0 Å². The van der Waals surface area contributed by atoms with Gasteiger partial charge in [0.2, 0.25) is 5.91 Å². The number of carbonyl (C=O) groups is 1. The minimum Gasteiger partial charge on any atom is -0.378 e. The van der Waals surface area contributed by atoms with Gasteiger partial charge in [-0.2, -0.15) is 0 Å². The lowest BCUT2D eigenvalue weighted by Gasteiger charge is -2.38. The molecule has 0 unspecified atom stereocenters. The number of nitrogens with one attached hydrogen (secondary N) is 1. The SMILES string of the molecule is O=C(C1CCN(c2ccccc2C2CNC2)CC1)N1CCOCC1. The van der Waals surface area contributed by atoms with E-state index in [4.69, 9.17) is 4.74 Å². The molecule has 0 spiro atoms. The topological polar surface area (TPSA) is 44.8 Å². The van der Waals surface area contributed by atoms with Gasteiger partial charge < -0.3 is 19.9 Å². The van der Waals surface area contributed by atoms with Gasteiger partial charge in [0.05, 0.1) is 13.2 Å². The third kappa shape index (κ3) is 3.15. The summed E-state index contributed by atoms with van der Waals surface area (Å²) in [4.78, 5) is 17.2. The summed E-state index contributed by atoms with van der Waals surface area (Å²) in [7, 11) is 0. The molecule has 3 fully saturated rings. The number of ether oxygens (including phenoxy) is 1. The van der Waals surface area contributed by atoms with E-state index in [1.165, 1.54) is 11.3 Å². The number of hydrogen-bond donors (Lipinski definition) is 1. The fourth-order valence-corrected chi connectivity index (χ4v) is 4.04. The number of para-hydroxylation sites is 1. The van der Waals surface area contributed by atoms with Crippen LogP contribution >= 0.6 is 0 Å². The minimum absolute atomic E-state index is 0.192. The van der Waals surface area contributed by atoms with E-state index >= 15 is 0 Å². The third-order valence-electron chi connectivity index (χ3n) is 5.67. The zero-order chi connectivity index (χ0) is 16.4. The highest BCUT2D eigenvalue weighted by molar-refractivity contribution is 5.79. The van der Waals surface area contributed by atoms with E-state index in [2.05, 4.69) is 34.5 Å². The second-order valence-electron chi connectivity index (χ2n) is 7.11. The highest BCUT2D eigenvalue weighted by Crippen LogP contribution is 2.33. The molecule has 3 saturated heterocycles. The van der Waals surface area contributed by atoms with Crippen LogP contribution in [0.4, 0.5) is 5.69 Å². The van der Waals surface area contributed by atoms with Crippen LogP contribution in [0.3, 0.4) is 0 Å². The van der Waals surface area contributed by atoms with Crippen LogP contribution in [0, 0.1) is 5.92 Å². The van der Waals surface area contributed by atoms with Crippen molar-refractivity contribution in [2.75, 3.05) is 57.4 Å². The quantitative estimate of drug-likeness (QED) is 0.912. The van der Waals surface area contributed by atoms with Crippen molar-refractivity contribution < 1.29 is 9.53 Å². The summed E-state index contributed by atoms with van der Waals surface area (Å²) in [6.45, 7) is 7.04. The molecule has 3 heterocycles. The molecule has 1 aromatic rings. The first-order valence-electron chi connectivity index (χ1n) is 9.24. The number of benzene rings is 1. The van der Waals surface area contributed by atoms with Crippen LogP contribution in [0.25, 0.3) is 0 Å². The molecule has 1 aromatic carbocycles. The molecule has 130 valence electrons. The summed E-state index contributed by atoms with van der Waals surface area (Å²) in [5, 5.41) is 3.37. The lowest BCUT2D eigenvalue weighted by Crippen LogP contribution is -2.47. The summed E-state index contributed by atoms with van der Waals surface area (Å²) in [5.74, 6) is 1.18. The highest BCUT2D eigenvalue weighted by Gasteiger charge is 2.31. The molecule has 5 heteroatoms. The second kappa shape index (κ2) is 7.11. The van der Waals surface area contributed by atoms with Crippen molar-refractivity contribution in [3.63, 3.8) is 0 Å². The first kappa shape index (κ1) is 15.9. The van der Waals surface area contributed by atoms with Gasteiger partial charge in [0.25, 0.3) is 0 Å². The van der Waals surface area contributed by atoms with Gasteiger partial charge in [-0.25, -0.2) is 0 Å². The van der Waals surface area contributed by atoms with Gasteiger partial charge in [-0.3, -0.25) is 4.79 Å². The van der Waals surface area contributed by atoms with E-state index in [9.17, 15) is 4.79 Å². The Kier molecular flexibility index (Phi) is 4.72. The van der Waals surface area contributed by atoms with Crippen LogP contribution in [-0.2, 0) is 9.53 Å². The molecule has 0 saturated carbocycles. The highest BCUT2D eigenvalue weighted by atomic mass is 16.5. The maximum atomic E-state index is 12.7. The number of piperidine rings is 1. The molecule has 3 aliphatic rings. The van der Waals surface area contributed by atoms with Gasteiger partial charge in [-0.15, -0.1) is 0 Å². The molecule has 1 amide bonds. The summed E-state index contributed by atoms with van der Waals surface area (Å²) >= 11 is 0. The van der Waals surface area contributed by atoms with Crippen LogP contribution in [0.15, 0.2) is 24.3 Å². The monoisotopic (exact) mass is 329 g/mol. The van der Waals surface area contributed by atoms with E-state index in [0.29, 0.717) is 25.0 Å². The summed E-state index contributed by atoms with van der Waals surface area (Å²) in [6, 6.07) is 8.80. The van der Waals surface area contributed by atoms with Crippen molar-refractivity contribution in [1.82, 2.24) is 10.2 Å². The van der Waals surface area contributed by atoms with Crippen LogP contribution in [0.1, 0.15) is 24.3 Å². The van der Waals surface area contributed by atoms with Gasteiger partial charge in [-0.05, 0) is 24.5 Å². The number of amides is 1. The molecule has 0 radical (unpaired) electrons. The van der Waals surface area contributed by atoms with Gasteiger partial charge in [0.1, 0.15) is 0 Å². The van der Waals surface area contributed by atoms with Crippen molar-refractivity contribution >= 4 is 11.6 Å². The Bertz CT molecular complexity index is 574. The number of rotatable bonds is 3. The van der Waals surface area contributed by atoms with Gasteiger partial charge in [0, 0.05) is 56.8 Å². The van der Waals surface area contributed by atoms with Crippen molar-refractivity contribution in [2.45, 2.75) is 18.8 Å². The zero-order valence-electron chi connectivity index (χ0n) is 14.2. The number of nitrogens with zero attached hydrogens (tertiary/aromatic N) is 2. The summed E-state index contributed by atoms with van der Waals surface area (Å²) in [5.41, 5.74) is 2.84. The van der Waals surface area contributed by atoms with E-state index in [1.807, 2.05) is 4.90 Å². The average Bonchev–Trinajstić information content (AvgIpc) is 2.61. The maximum Gasteiger partial charge on any atom is 0.225 e. The lowest BCUT2D eigenvalue weighted by molar-refractivity contribution is -0.140. The Morgan fingerprint density at radius 3 is 2.42 bits per heavy atom. The Hall–Kier alpha value is -1.59. The van der Waals surface area contributed by atoms with E-state index in [-0.39, 0.29) is 5.92 Å². The number of hydrogen-bond acceptors (Lipinski definition) is 4. The Morgan fingerprint density at radius 1 is 1.04 bits per heavy atom. The number of carbonyl (C=O) groups excluding carboxylic acids is 1. The summed E-state index contributed by atoms with van der Waals surface area (Å²) < 4.78 is 5.36. The molecule has 0 bridgehead atoms. The minimum atomic E-state index is 0.192. The summed E-state index contributed by atoms with van der Waals surface area (Å²) in [6.07, 6.45) is 1.93. The number of anilines is 1. The zero-order valence-corrected chi connectivity index (χ0v) is 14.2. The Morgan fingerprint density at radius 2 is 1.75 bits per heavy atom. The average molecular weight is 329 g/mol. The lowest BCUT2D eigenvalue weighted by atomic mass is 9.90. The Labute approximate surface area is 144 Å². The van der Waals surface area contributed by atoms with Gasteiger partial charge in [0.15, 0.2) is 0 Å². The largest absolute Gasteiger partial charge is 0.378 e. The fourth-order valence-electron chi connectivity index (χ4n) is 4.04. The molecule has 4 rings (SSSR count). The molecule has 5 nitrogen and oxygen atoms in total. The molecule has 0 atom stereocenters. The molecule has 1 N–H and O–H groups in total. The van der Waals surface area contributed by atoms with E-state index < -0.39 is 0 Å². The maximum absolute atomic E-state index is 12.7. The molecule has 0 aromatic heterocycles. The molecular formula is C19H27N3O2. The predicted octanol–water partition coefficient (Wildman–Crippen LogP) is 1.45. The van der Waals surface area contributed by atoms with Gasteiger partial charge in [-0.1, -0.05) is 18.2 Å². The van der Waals surface area contributed by atoms with Crippen molar-refractivity contribution in [1.29, 1.82) is 0 Å². The standard InChI is InChI=1S/C19H27N3O2/c23-19(22-9-11-24-12-10-22)15-5-7-21(8-6-15)18-4-2-1-3-17(18)16-13-20-14-16/h1-4,15-16,20H,5-14H2. The number of morpholine rings is 1. The van der Waals surface area contributed by atoms with Crippen molar-refractivity contribution in [2.24, 2.45) is 5.92 Å². The smallest absolute Gasteiger partial charge is 0.225 e. The molecular weight excluding hydrogens is 302 g/mol. The first-order valence-corrected chi connectivity index (χ1v) is 9.24. The van der Waals surface area contributed by atoms with E-state index in [0.717, 1.165) is 52.1 Å². The molecule has 3 aliphatic heterocycles. The molecule has 0 aliphatic carbocycles. The van der Waals surface area contributed by atoms with Crippen LogP contribution in [0.2, 0.25) is 0 Å². The Balaban J connectivity index is 1.38. The predicted molar refractivity (Wildman–Crippen MR) is 94.4 cm³/mol. The van der Waals surface area contributed by atoms with Crippen LogP contribution in [-0.4, -0.2) is 63.3 Å². The first-order chi connectivity index (χ1) is 11.8. The third-order valence-corrected chi connectivity index (χ3v) is 5.67. The van der Waals surface area contributed by atoms with Crippen LogP contribution in [0.5, 0.6) is 0 Å². The van der Waals surface area contributed by atoms with E-state index in [1.54, 1.807) is 0 Å². The van der Waals surface area contributed by atoms with Gasteiger partial charge >= 0.3 is 0 Å². The normalized spacial score (nSPS) is 23.2. The molecule has 24 heavy (non-hydrogen) atoms. The second-order valence-corrected chi connectivity index (χ2v) is 7.11. The van der Waals surface area contributed by atoms with Crippen LogP contribution < -0.4 is 10.2 Å². The fraction of sp³-hybridized carbons (Fsp3) is 0.632.